The van der Waals surface area contributed by atoms with Gasteiger partial charge in [0.15, 0.2) is 0 Å². The van der Waals surface area contributed by atoms with Gasteiger partial charge in [0, 0.05) is 24.0 Å². The molecule has 0 fully saturated rings. The number of anilines is 1. The maximum atomic E-state index is 12.7. The van der Waals surface area contributed by atoms with E-state index in [-0.39, 0.29) is 23.4 Å². The third-order valence-electron chi connectivity index (χ3n) is 4.09. The van der Waals surface area contributed by atoms with Gasteiger partial charge in [-0.1, -0.05) is 45.9 Å². The predicted molar refractivity (Wildman–Crippen MR) is 105 cm³/mol. The molecule has 2 amide bonds. The van der Waals surface area contributed by atoms with Crippen molar-refractivity contribution in [2.75, 3.05) is 11.9 Å². The molecule has 0 radical (unpaired) electrons. The molecule has 26 heavy (non-hydrogen) atoms. The second kappa shape index (κ2) is 8.61. The number of pyridine rings is 1. The third kappa shape index (κ3) is 4.91. The molecule has 0 aliphatic rings. The van der Waals surface area contributed by atoms with Gasteiger partial charge in [-0.05, 0) is 42.0 Å². The minimum absolute atomic E-state index is 0.200. The lowest BCUT2D eigenvalue weighted by Gasteiger charge is -2.16. The third-order valence-corrected chi connectivity index (χ3v) is 4.09. The van der Waals surface area contributed by atoms with Crippen molar-refractivity contribution in [3.63, 3.8) is 0 Å². The Morgan fingerprint density at radius 3 is 2.46 bits per heavy atom. The smallest absolute Gasteiger partial charge is 0.274 e. The summed E-state index contributed by atoms with van der Waals surface area (Å²) in [6.07, 6.45) is 1.49. The summed E-state index contributed by atoms with van der Waals surface area (Å²) >= 11 is 0. The highest BCUT2D eigenvalue weighted by atomic mass is 16.2. The van der Waals surface area contributed by atoms with Crippen molar-refractivity contribution in [3.05, 3.63) is 58.9 Å². The van der Waals surface area contributed by atoms with Crippen LogP contribution in [0.25, 0.3) is 0 Å². The number of nitrogens with one attached hydrogen (secondary N) is 2. The number of nitrogens with zero attached hydrogens (tertiary/aromatic N) is 1. The SMILES string of the molecule is Cc1cccc(C(C)C)c1NC(=O)c1cc(C(=O)NCC(C)C)ccn1. The lowest BCUT2D eigenvalue weighted by atomic mass is 9.98. The van der Waals surface area contributed by atoms with Crippen molar-refractivity contribution in [2.45, 2.75) is 40.5 Å². The summed E-state index contributed by atoms with van der Waals surface area (Å²) < 4.78 is 0. The number of benzene rings is 1. The van der Waals surface area contributed by atoms with Crippen LogP contribution in [0.15, 0.2) is 36.5 Å². The zero-order valence-electron chi connectivity index (χ0n) is 16.1. The predicted octanol–water partition coefficient (Wildman–Crippen LogP) is 4.15. The van der Waals surface area contributed by atoms with Crippen LogP contribution < -0.4 is 10.6 Å². The number of carbonyl (C=O) groups excluding carboxylic acids is 2. The summed E-state index contributed by atoms with van der Waals surface area (Å²) in [5.74, 6) is 0.124. The lowest BCUT2D eigenvalue weighted by molar-refractivity contribution is 0.0949. The Bertz CT molecular complexity index is 798. The molecule has 0 saturated carbocycles. The number of hydrogen-bond donors (Lipinski definition) is 2. The lowest BCUT2D eigenvalue weighted by Crippen LogP contribution is -2.27. The maximum Gasteiger partial charge on any atom is 0.274 e. The van der Waals surface area contributed by atoms with Crippen LogP contribution in [0.3, 0.4) is 0 Å². The molecule has 5 heteroatoms. The molecule has 1 aromatic carbocycles. The number of carbonyl (C=O) groups is 2. The van der Waals surface area contributed by atoms with Gasteiger partial charge < -0.3 is 10.6 Å². The highest BCUT2D eigenvalue weighted by Gasteiger charge is 2.16. The number of aromatic nitrogens is 1. The number of amides is 2. The first-order chi connectivity index (χ1) is 12.3. The van der Waals surface area contributed by atoms with Crippen molar-refractivity contribution in [3.8, 4) is 0 Å². The fourth-order valence-corrected chi connectivity index (χ4v) is 2.61. The molecular weight excluding hydrogens is 326 g/mol. The van der Waals surface area contributed by atoms with Crippen LogP contribution in [0.4, 0.5) is 5.69 Å². The van der Waals surface area contributed by atoms with E-state index in [2.05, 4.69) is 29.5 Å². The average Bonchev–Trinajstić information content (AvgIpc) is 2.61. The van der Waals surface area contributed by atoms with Crippen LogP contribution in [0.2, 0.25) is 0 Å². The van der Waals surface area contributed by atoms with E-state index in [0.717, 1.165) is 16.8 Å². The Morgan fingerprint density at radius 2 is 1.81 bits per heavy atom. The monoisotopic (exact) mass is 353 g/mol. The Kier molecular flexibility index (Phi) is 6.50. The summed E-state index contributed by atoms with van der Waals surface area (Å²) in [7, 11) is 0. The van der Waals surface area contributed by atoms with E-state index in [1.54, 1.807) is 6.07 Å². The summed E-state index contributed by atoms with van der Waals surface area (Å²) in [6, 6.07) is 9.09. The highest BCUT2D eigenvalue weighted by Crippen LogP contribution is 2.27. The largest absolute Gasteiger partial charge is 0.352 e. The van der Waals surface area contributed by atoms with Gasteiger partial charge in [0.05, 0.1) is 0 Å². The molecule has 5 nitrogen and oxygen atoms in total. The second-order valence-electron chi connectivity index (χ2n) is 7.18. The van der Waals surface area contributed by atoms with E-state index < -0.39 is 0 Å². The number of aryl methyl sites for hydroxylation is 1. The van der Waals surface area contributed by atoms with Gasteiger partial charge in [-0.25, -0.2) is 0 Å². The number of hydrogen-bond acceptors (Lipinski definition) is 3. The standard InChI is InChI=1S/C21H27N3O2/c1-13(2)12-23-20(25)16-9-10-22-18(11-16)21(26)24-19-15(5)7-6-8-17(19)14(3)4/h6-11,13-14H,12H2,1-5H3,(H,23,25)(H,24,26). The topological polar surface area (TPSA) is 71.1 Å². The zero-order valence-corrected chi connectivity index (χ0v) is 16.1. The van der Waals surface area contributed by atoms with Gasteiger partial charge in [0.2, 0.25) is 0 Å². The number of rotatable bonds is 6. The van der Waals surface area contributed by atoms with E-state index in [1.165, 1.54) is 12.3 Å². The normalized spacial score (nSPS) is 10.9. The van der Waals surface area contributed by atoms with Crippen LogP contribution in [0.5, 0.6) is 0 Å². The van der Waals surface area contributed by atoms with E-state index in [1.807, 2.05) is 39.0 Å². The minimum Gasteiger partial charge on any atom is -0.352 e. The first-order valence-corrected chi connectivity index (χ1v) is 8.94. The fourth-order valence-electron chi connectivity index (χ4n) is 2.61. The van der Waals surface area contributed by atoms with Gasteiger partial charge >= 0.3 is 0 Å². The second-order valence-corrected chi connectivity index (χ2v) is 7.18. The van der Waals surface area contributed by atoms with Gasteiger partial charge in [-0.3, -0.25) is 14.6 Å². The first-order valence-electron chi connectivity index (χ1n) is 8.94. The molecule has 1 aromatic heterocycles. The Balaban J connectivity index is 2.21. The van der Waals surface area contributed by atoms with E-state index >= 15 is 0 Å². The molecule has 2 N–H and O–H groups in total. The zero-order chi connectivity index (χ0) is 19.3. The van der Waals surface area contributed by atoms with Crippen LogP contribution in [0.1, 0.15) is 65.6 Å². The molecule has 0 atom stereocenters. The van der Waals surface area contributed by atoms with Crippen molar-refractivity contribution >= 4 is 17.5 Å². The van der Waals surface area contributed by atoms with Crippen molar-refractivity contribution in [2.24, 2.45) is 5.92 Å². The maximum absolute atomic E-state index is 12.7. The molecule has 0 aliphatic carbocycles. The minimum atomic E-state index is -0.320. The molecule has 2 rings (SSSR count). The van der Waals surface area contributed by atoms with Crippen molar-refractivity contribution < 1.29 is 9.59 Å². The van der Waals surface area contributed by atoms with Crippen molar-refractivity contribution in [1.82, 2.24) is 10.3 Å². The molecule has 0 unspecified atom stereocenters. The Hall–Kier alpha value is -2.69. The van der Waals surface area contributed by atoms with E-state index in [4.69, 9.17) is 0 Å². The van der Waals surface area contributed by atoms with Crippen LogP contribution in [0, 0.1) is 12.8 Å². The quantitative estimate of drug-likeness (QED) is 0.819. The summed E-state index contributed by atoms with van der Waals surface area (Å²) in [6.45, 7) is 10.8. The van der Waals surface area contributed by atoms with Gasteiger partial charge in [0.25, 0.3) is 11.8 Å². The first kappa shape index (κ1) is 19.6. The molecule has 138 valence electrons. The van der Waals surface area contributed by atoms with E-state index in [0.29, 0.717) is 18.0 Å². The molecule has 1 heterocycles. The summed E-state index contributed by atoms with van der Waals surface area (Å²) in [5, 5.41) is 5.81. The van der Waals surface area contributed by atoms with Crippen LogP contribution in [-0.2, 0) is 0 Å². The molecule has 0 bridgehead atoms. The van der Waals surface area contributed by atoms with Gasteiger partial charge in [-0.2, -0.15) is 0 Å². The number of para-hydroxylation sites is 1. The van der Waals surface area contributed by atoms with Crippen molar-refractivity contribution in [1.29, 1.82) is 0 Å². The molecule has 0 aliphatic heterocycles. The van der Waals surface area contributed by atoms with E-state index in [9.17, 15) is 9.59 Å². The summed E-state index contributed by atoms with van der Waals surface area (Å²) in [5.41, 5.74) is 3.53. The highest BCUT2D eigenvalue weighted by molar-refractivity contribution is 6.05. The van der Waals surface area contributed by atoms with Crippen LogP contribution in [-0.4, -0.2) is 23.3 Å². The Labute approximate surface area is 155 Å². The fraction of sp³-hybridized carbons (Fsp3) is 0.381. The van der Waals surface area contributed by atoms with Gasteiger partial charge in [0.1, 0.15) is 5.69 Å². The van der Waals surface area contributed by atoms with Gasteiger partial charge in [-0.15, -0.1) is 0 Å². The Morgan fingerprint density at radius 1 is 1.08 bits per heavy atom. The van der Waals surface area contributed by atoms with Crippen LogP contribution >= 0.6 is 0 Å². The molecule has 0 spiro atoms. The molecule has 2 aromatic rings. The molecular formula is C21H27N3O2. The molecule has 0 saturated heterocycles. The summed E-state index contributed by atoms with van der Waals surface area (Å²) in [4.78, 5) is 29.0. The average molecular weight is 353 g/mol.